The van der Waals surface area contributed by atoms with E-state index in [0.29, 0.717) is 11.3 Å². The van der Waals surface area contributed by atoms with Gasteiger partial charge in [-0.3, -0.25) is 0 Å². The molecule has 0 amide bonds. The summed E-state index contributed by atoms with van der Waals surface area (Å²) in [7, 11) is 0. The second-order valence-corrected chi connectivity index (χ2v) is 5.73. The van der Waals surface area contributed by atoms with Gasteiger partial charge in [0.2, 0.25) is 0 Å². The van der Waals surface area contributed by atoms with Gasteiger partial charge in [0.15, 0.2) is 0 Å². The van der Waals surface area contributed by atoms with Gasteiger partial charge < -0.3 is 9.73 Å². The van der Waals surface area contributed by atoms with E-state index in [1.165, 1.54) is 12.8 Å². The number of hydrogen-bond donors (Lipinski definition) is 1. The molecule has 16 heavy (non-hydrogen) atoms. The van der Waals surface area contributed by atoms with Crippen molar-refractivity contribution in [3.05, 3.63) is 24.2 Å². The first kappa shape index (κ1) is 13.7. The summed E-state index contributed by atoms with van der Waals surface area (Å²) in [6.45, 7) is 7.83. The van der Waals surface area contributed by atoms with E-state index in [2.05, 4.69) is 26.1 Å². The fourth-order valence-corrected chi connectivity index (χ4v) is 2.41. The molecule has 0 fully saturated rings. The summed E-state index contributed by atoms with van der Waals surface area (Å²) in [5.41, 5.74) is 0. The Hall–Kier alpha value is -0.410. The van der Waals surface area contributed by atoms with Gasteiger partial charge in [0.25, 0.3) is 0 Å². The zero-order valence-electron chi connectivity index (χ0n) is 10.5. The van der Waals surface area contributed by atoms with Crippen LogP contribution in [0.1, 0.15) is 39.4 Å². The van der Waals surface area contributed by atoms with Gasteiger partial charge in [0, 0.05) is 17.8 Å². The van der Waals surface area contributed by atoms with Gasteiger partial charge in [0.05, 0.1) is 12.0 Å². The van der Waals surface area contributed by atoms with Crippen LogP contribution in [0.15, 0.2) is 22.8 Å². The van der Waals surface area contributed by atoms with Crippen LogP contribution in [-0.2, 0) is 5.75 Å². The highest BCUT2D eigenvalue weighted by Gasteiger charge is 2.06. The average Bonchev–Trinajstić information content (AvgIpc) is 2.77. The Bertz CT molecular complexity index is 261. The summed E-state index contributed by atoms with van der Waals surface area (Å²) in [6, 6.07) is 4.62. The minimum atomic E-state index is 0.629. The third kappa shape index (κ3) is 5.61. The van der Waals surface area contributed by atoms with E-state index in [-0.39, 0.29) is 0 Å². The molecule has 0 aromatic carbocycles. The molecule has 0 spiro atoms. The Morgan fingerprint density at radius 2 is 2.25 bits per heavy atom. The Labute approximate surface area is 103 Å². The maximum absolute atomic E-state index is 5.31. The molecule has 0 aliphatic heterocycles. The van der Waals surface area contributed by atoms with Crippen molar-refractivity contribution in [1.29, 1.82) is 0 Å². The van der Waals surface area contributed by atoms with Crippen LogP contribution in [0.5, 0.6) is 0 Å². The fourth-order valence-electron chi connectivity index (χ4n) is 1.58. The van der Waals surface area contributed by atoms with Crippen molar-refractivity contribution in [1.82, 2.24) is 5.32 Å². The number of nitrogens with one attached hydrogen (secondary N) is 1. The highest BCUT2D eigenvalue weighted by Crippen LogP contribution is 2.17. The van der Waals surface area contributed by atoms with E-state index >= 15 is 0 Å². The number of furan rings is 1. The van der Waals surface area contributed by atoms with Gasteiger partial charge in [-0.05, 0) is 25.5 Å². The SMILES string of the molecule is CCCC(C)NCC(C)SCc1ccco1. The van der Waals surface area contributed by atoms with Crippen molar-refractivity contribution in [3.8, 4) is 0 Å². The zero-order valence-corrected chi connectivity index (χ0v) is 11.3. The predicted octanol–water partition coefficient (Wildman–Crippen LogP) is 3.68. The molecule has 0 radical (unpaired) electrons. The number of rotatable bonds is 8. The quantitative estimate of drug-likeness (QED) is 0.751. The summed E-state index contributed by atoms with van der Waals surface area (Å²) in [5.74, 6) is 2.04. The van der Waals surface area contributed by atoms with E-state index in [9.17, 15) is 0 Å². The third-order valence-electron chi connectivity index (χ3n) is 2.57. The normalized spacial score (nSPS) is 14.9. The first-order valence-corrected chi connectivity index (χ1v) is 7.14. The molecule has 2 unspecified atom stereocenters. The lowest BCUT2D eigenvalue weighted by Gasteiger charge is -2.16. The molecule has 0 saturated heterocycles. The number of hydrogen-bond acceptors (Lipinski definition) is 3. The first-order chi connectivity index (χ1) is 7.72. The Balaban J connectivity index is 2.09. The molecule has 2 atom stereocenters. The van der Waals surface area contributed by atoms with Gasteiger partial charge in [-0.15, -0.1) is 11.8 Å². The van der Waals surface area contributed by atoms with Crippen molar-refractivity contribution in [2.75, 3.05) is 6.54 Å². The van der Waals surface area contributed by atoms with E-state index in [1.807, 2.05) is 23.9 Å². The molecule has 2 nitrogen and oxygen atoms in total. The average molecular weight is 241 g/mol. The smallest absolute Gasteiger partial charge is 0.113 e. The summed E-state index contributed by atoms with van der Waals surface area (Å²) < 4.78 is 5.31. The molecule has 92 valence electrons. The minimum Gasteiger partial charge on any atom is -0.468 e. The molecule has 3 heteroatoms. The maximum Gasteiger partial charge on any atom is 0.113 e. The molecular weight excluding hydrogens is 218 g/mol. The monoisotopic (exact) mass is 241 g/mol. The molecule has 1 N–H and O–H groups in total. The van der Waals surface area contributed by atoms with Crippen LogP contribution < -0.4 is 5.32 Å². The van der Waals surface area contributed by atoms with Crippen molar-refractivity contribution >= 4 is 11.8 Å². The standard InChI is InChI=1S/C13H23NOS/c1-4-6-11(2)14-9-12(3)16-10-13-7-5-8-15-13/h5,7-8,11-12,14H,4,6,9-10H2,1-3H3. The first-order valence-electron chi connectivity index (χ1n) is 6.09. The van der Waals surface area contributed by atoms with Gasteiger partial charge in [0.1, 0.15) is 5.76 Å². The molecule has 0 bridgehead atoms. The van der Waals surface area contributed by atoms with Crippen LogP contribution in [0.4, 0.5) is 0 Å². The summed E-state index contributed by atoms with van der Waals surface area (Å²) in [6.07, 6.45) is 4.25. The fraction of sp³-hybridized carbons (Fsp3) is 0.692. The van der Waals surface area contributed by atoms with Crippen LogP contribution in [0.3, 0.4) is 0 Å². The zero-order chi connectivity index (χ0) is 11.8. The highest BCUT2D eigenvalue weighted by atomic mass is 32.2. The minimum absolute atomic E-state index is 0.629. The van der Waals surface area contributed by atoms with Crippen LogP contribution in [0, 0.1) is 0 Å². The van der Waals surface area contributed by atoms with Gasteiger partial charge >= 0.3 is 0 Å². The molecular formula is C13H23NOS. The maximum atomic E-state index is 5.31. The van der Waals surface area contributed by atoms with E-state index in [0.717, 1.165) is 18.1 Å². The van der Waals surface area contributed by atoms with E-state index in [1.54, 1.807) is 6.26 Å². The van der Waals surface area contributed by atoms with E-state index < -0.39 is 0 Å². The van der Waals surface area contributed by atoms with Crippen LogP contribution in [-0.4, -0.2) is 17.8 Å². The second-order valence-electron chi connectivity index (χ2n) is 4.30. The summed E-state index contributed by atoms with van der Waals surface area (Å²) in [5, 5.41) is 4.19. The van der Waals surface area contributed by atoms with Crippen molar-refractivity contribution in [2.45, 2.75) is 50.7 Å². The Morgan fingerprint density at radius 3 is 2.88 bits per heavy atom. The lowest BCUT2D eigenvalue weighted by atomic mass is 10.2. The molecule has 0 aliphatic carbocycles. The number of thioether (sulfide) groups is 1. The van der Waals surface area contributed by atoms with Crippen molar-refractivity contribution in [3.63, 3.8) is 0 Å². The summed E-state index contributed by atoms with van der Waals surface area (Å²) >= 11 is 1.94. The molecule has 1 rings (SSSR count). The predicted molar refractivity (Wildman–Crippen MR) is 71.8 cm³/mol. The topological polar surface area (TPSA) is 25.2 Å². The van der Waals surface area contributed by atoms with Crippen molar-refractivity contribution in [2.24, 2.45) is 0 Å². The Kier molecular flexibility index (Phi) is 6.65. The molecule has 1 aromatic heterocycles. The molecule has 1 heterocycles. The lowest BCUT2D eigenvalue weighted by molar-refractivity contribution is 0.510. The highest BCUT2D eigenvalue weighted by molar-refractivity contribution is 7.99. The lowest BCUT2D eigenvalue weighted by Crippen LogP contribution is -2.31. The second kappa shape index (κ2) is 7.80. The van der Waals surface area contributed by atoms with Crippen LogP contribution in [0.25, 0.3) is 0 Å². The third-order valence-corrected chi connectivity index (χ3v) is 3.75. The molecule has 1 aromatic rings. The molecule has 0 aliphatic rings. The Morgan fingerprint density at radius 1 is 1.44 bits per heavy atom. The molecule has 0 saturated carbocycles. The largest absolute Gasteiger partial charge is 0.468 e. The van der Waals surface area contributed by atoms with Gasteiger partial charge in [-0.2, -0.15) is 0 Å². The van der Waals surface area contributed by atoms with Crippen molar-refractivity contribution < 1.29 is 4.42 Å². The van der Waals surface area contributed by atoms with Crippen LogP contribution in [0.2, 0.25) is 0 Å². The van der Waals surface area contributed by atoms with Gasteiger partial charge in [-0.25, -0.2) is 0 Å². The van der Waals surface area contributed by atoms with E-state index in [4.69, 9.17) is 4.42 Å². The summed E-state index contributed by atoms with van der Waals surface area (Å²) in [4.78, 5) is 0. The van der Waals surface area contributed by atoms with Crippen LogP contribution >= 0.6 is 11.8 Å². The van der Waals surface area contributed by atoms with Gasteiger partial charge in [-0.1, -0.05) is 20.3 Å².